The predicted molar refractivity (Wildman–Crippen MR) is 43.9 cm³/mol. The summed E-state index contributed by atoms with van der Waals surface area (Å²) in [5.74, 6) is 0. The maximum atomic E-state index is 13.1. The molecule has 1 rings (SSSR count). The average Bonchev–Trinajstić information content (AvgIpc) is 2.11. The lowest BCUT2D eigenvalue weighted by atomic mass is 10.1. The molecule has 0 fully saturated rings. The highest BCUT2D eigenvalue weighted by molar-refractivity contribution is 9.11. The van der Waals surface area contributed by atoms with Gasteiger partial charge in [0, 0.05) is 5.38 Å². The van der Waals surface area contributed by atoms with E-state index >= 15 is 0 Å². The predicted octanol–water partition coefficient (Wildman–Crippen LogP) is 3.11. The molecule has 0 radical (unpaired) electrons. The molecule has 1 aromatic rings. The summed E-state index contributed by atoms with van der Waals surface area (Å²) in [7, 11) is 0. The Hall–Kier alpha value is 0.0400. The minimum absolute atomic E-state index is 0.490. The van der Waals surface area contributed by atoms with Crippen molar-refractivity contribution in [2.24, 2.45) is 0 Å². The summed E-state index contributed by atoms with van der Waals surface area (Å²) >= 11 is 4.56. The van der Waals surface area contributed by atoms with Gasteiger partial charge in [0.05, 0.1) is 5.69 Å². The zero-order chi connectivity index (χ0) is 7.78. The van der Waals surface area contributed by atoms with Crippen LogP contribution in [0.2, 0.25) is 0 Å². The number of alkyl halides is 1. The van der Waals surface area contributed by atoms with Crippen molar-refractivity contribution in [2.75, 3.05) is 0 Å². The molecule has 1 aromatic heterocycles. The third-order valence-corrected chi connectivity index (χ3v) is 2.45. The van der Waals surface area contributed by atoms with Crippen LogP contribution in [0.25, 0.3) is 0 Å². The van der Waals surface area contributed by atoms with Gasteiger partial charge in [-0.25, -0.2) is 9.37 Å². The van der Waals surface area contributed by atoms with Gasteiger partial charge in [0.1, 0.15) is 5.67 Å². The second-order valence-corrected chi connectivity index (χ2v) is 4.59. The Kier molecular flexibility index (Phi) is 2.10. The first-order valence-corrected chi connectivity index (χ1v) is 4.48. The lowest BCUT2D eigenvalue weighted by molar-refractivity contribution is 0.215. The molecule has 0 aliphatic rings. The molecule has 10 heavy (non-hydrogen) atoms. The largest absolute Gasteiger partial charge is 0.238 e. The molecule has 0 amide bonds. The van der Waals surface area contributed by atoms with Crippen molar-refractivity contribution >= 4 is 27.3 Å². The van der Waals surface area contributed by atoms with Crippen molar-refractivity contribution in [2.45, 2.75) is 19.5 Å². The number of rotatable bonds is 1. The van der Waals surface area contributed by atoms with E-state index in [2.05, 4.69) is 20.9 Å². The van der Waals surface area contributed by atoms with Crippen LogP contribution < -0.4 is 0 Å². The van der Waals surface area contributed by atoms with Crippen molar-refractivity contribution in [3.05, 3.63) is 15.0 Å². The Morgan fingerprint density at radius 3 is 2.50 bits per heavy atom. The fourth-order valence-electron chi connectivity index (χ4n) is 0.525. The summed E-state index contributed by atoms with van der Waals surface area (Å²) < 4.78 is 13.8. The summed E-state index contributed by atoms with van der Waals surface area (Å²) in [5.41, 5.74) is -0.827. The monoisotopic (exact) mass is 223 g/mol. The Bertz CT molecular complexity index is 228. The standard InChI is InChI=1S/C6H7BrFNS/c1-6(2,8)4-3-10-5(7)9-4/h3H,1-2H3. The first-order valence-electron chi connectivity index (χ1n) is 2.80. The second-order valence-electron chi connectivity index (χ2n) is 2.46. The minimum Gasteiger partial charge on any atom is -0.238 e. The minimum atomic E-state index is -1.32. The third-order valence-electron chi connectivity index (χ3n) is 1.09. The number of thiazole rings is 1. The second kappa shape index (κ2) is 2.58. The lowest BCUT2D eigenvalue weighted by Gasteiger charge is -2.08. The molecule has 0 N–H and O–H groups in total. The Labute approximate surface area is 71.4 Å². The first-order chi connectivity index (χ1) is 4.50. The number of aromatic nitrogens is 1. The molecule has 0 saturated carbocycles. The molecule has 0 aromatic carbocycles. The third kappa shape index (κ3) is 1.76. The summed E-state index contributed by atoms with van der Waals surface area (Å²) in [4.78, 5) is 3.94. The molecule has 1 heterocycles. The SMILES string of the molecule is CC(C)(F)c1csc(Br)n1. The van der Waals surface area contributed by atoms with Gasteiger partial charge in [-0.2, -0.15) is 0 Å². The van der Waals surface area contributed by atoms with Crippen LogP contribution in [-0.4, -0.2) is 4.98 Å². The summed E-state index contributed by atoms with van der Waals surface area (Å²) in [6, 6.07) is 0. The molecule has 56 valence electrons. The summed E-state index contributed by atoms with van der Waals surface area (Å²) in [6.07, 6.45) is 0. The van der Waals surface area contributed by atoms with E-state index in [0.717, 1.165) is 3.92 Å². The highest BCUT2D eigenvalue weighted by Gasteiger charge is 2.21. The van der Waals surface area contributed by atoms with Crippen molar-refractivity contribution in [1.82, 2.24) is 4.98 Å². The van der Waals surface area contributed by atoms with Crippen LogP contribution in [0, 0.1) is 0 Å². The fourth-order valence-corrected chi connectivity index (χ4v) is 1.69. The Morgan fingerprint density at radius 1 is 1.70 bits per heavy atom. The van der Waals surface area contributed by atoms with E-state index in [1.807, 2.05) is 0 Å². The van der Waals surface area contributed by atoms with Crippen LogP contribution in [0.3, 0.4) is 0 Å². The van der Waals surface area contributed by atoms with Gasteiger partial charge in [0.15, 0.2) is 3.92 Å². The fraction of sp³-hybridized carbons (Fsp3) is 0.500. The van der Waals surface area contributed by atoms with Crippen LogP contribution in [-0.2, 0) is 5.67 Å². The maximum Gasteiger partial charge on any atom is 0.159 e. The molecule has 0 aliphatic carbocycles. The Balaban J connectivity index is 2.96. The van der Waals surface area contributed by atoms with Gasteiger partial charge >= 0.3 is 0 Å². The van der Waals surface area contributed by atoms with Crippen LogP contribution in [0.4, 0.5) is 4.39 Å². The van der Waals surface area contributed by atoms with E-state index in [-0.39, 0.29) is 0 Å². The molecule has 0 bridgehead atoms. The number of halogens is 2. The van der Waals surface area contributed by atoms with E-state index in [4.69, 9.17) is 0 Å². The van der Waals surface area contributed by atoms with E-state index in [9.17, 15) is 4.39 Å². The van der Waals surface area contributed by atoms with Gasteiger partial charge in [0.25, 0.3) is 0 Å². The van der Waals surface area contributed by atoms with E-state index in [1.165, 1.54) is 25.2 Å². The molecule has 0 spiro atoms. The highest BCUT2D eigenvalue weighted by atomic mass is 79.9. The van der Waals surface area contributed by atoms with Crippen molar-refractivity contribution < 1.29 is 4.39 Å². The van der Waals surface area contributed by atoms with Crippen molar-refractivity contribution in [3.8, 4) is 0 Å². The molecule has 1 nitrogen and oxygen atoms in total. The topological polar surface area (TPSA) is 12.9 Å². The average molecular weight is 224 g/mol. The van der Waals surface area contributed by atoms with Gasteiger partial charge in [-0.1, -0.05) is 0 Å². The van der Waals surface area contributed by atoms with E-state index < -0.39 is 5.67 Å². The molecular formula is C6H7BrFNS. The molecule has 0 aliphatic heterocycles. The van der Waals surface area contributed by atoms with Crippen LogP contribution in [0.1, 0.15) is 19.5 Å². The van der Waals surface area contributed by atoms with Crippen LogP contribution in [0.5, 0.6) is 0 Å². The molecule has 0 saturated heterocycles. The van der Waals surface area contributed by atoms with E-state index in [0.29, 0.717) is 5.69 Å². The number of hydrogen-bond donors (Lipinski definition) is 0. The van der Waals surface area contributed by atoms with Crippen molar-refractivity contribution in [1.29, 1.82) is 0 Å². The van der Waals surface area contributed by atoms with Gasteiger partial charge in [0.2, 0.25) is 0 Å². The summed E-state index contributed by atoms with van der Waals surface area (Å²) in [6.45, 7) is 2.99. The van der Waals surface area contributed by atoms with E-state index in [1.54, 1.807) is 5.38 Å². The Morgan fingerprint density at radius 2 is 2.30 bits per heavy atom. The normalized spacial score (nSPS) is 12.0. The number of nitrogens with zero attached hydrogens (tertiary/aromatic N) is 1. The quantitative estimate of drug-likeness (QED) is 0.714. The van der Waals surface area contributed by atoms with Gasteiger partial charge in [-0.3, -0.25) is 0 Å². The molecule has 0 unspecified atom stereocenters. The number of hydrogen-bond acceptors (Lipinski definition) is 2. The smallest absolute Gasteiger partial charge is 0.159 e. The van der Waals surface area contributed by atoms with Crippen molar-refractivity contribution in [3.63, 3.8) is 0 Å². The van der Waals surface area contributed by atoms with Crippen LogP contribution >= 0.6 is 27.3 Å². The zero-order valence-electron chi connectivity index (χ0n) is 5.69. The highest BCUT2D eigenvalue weighted by Crippen LogP contribution is 2.27. The van der Waals surface area contributed by atoms with Crippen LogP contribution in [0.15, 0.2) is 9.30 Å². The van der Waals surface area contributed by atoms with Gasteiger partial charge in [-0.05, 0) is 29.8 Å². The molecule has 4 heteroatoms. The first kappa shape index (κ1) is 8.14. The maximum absolute atomic E-state index is 13.1. The molecular weight excluding hydrogens is 217 g/mol. The molecule has 0 atom stereocenters. The van der Waals surface area contributed by atoms with Gasteiger partial charge < -0.3 is 0 Å². The lowest BCUT2D eigenvalue weighted by Crippen LogP contribution is -2.08. The van der Waals surface area contributed by atoms with Gasteiger partial charge in [-0.15, -0.1) is 11.3 Å². The summed E-state index contributed by atoms with van der Waals surface area (Å²) in [5, 5.41) is 1.71. The zero-order valence-corrected chi connectivity index (χ0v) is 8.09.